The molecule has 2 heterocycles. The molecular weight excluding hydrogens is 160 g/mol. The molecule has 11 heavy (non-hydrogen) atoms. The van der Waals surface area contributed by atoms with E-state index in [1.807, 2.05) is 29.1 Å². The molecule has 0 saturated carbocycles. The number of fused-ring (bicyclic) bond motifs is 1. The summed E-state index contributed by atoms with van der Waals surface area (Å²) >= 11 is 1.65. The van der Waals surface area contributed by atoms with Gasteiger partial charge >= 0.3 is 0 Å². The fourth-order valence-corrected chi connectivity index (χ4v) is 1.62. The van der Waals surface area contributed by atoms with Gasteiger partial charge in [-0.15, -0.1) is 16.4 Å². The Bertz CT molecular complexity index is 323. The first-order valence-electron chi connectivity index (χ1n) is 3.46. The molecule has 2 aromatic heterocycles. The summed E-state index contributed by atoms with van der Waals surface area (Å²) in [7, 11) is 0. The largest absolute Gasteiger partial charge is 0.477 e. The molecule has 0 radical (unpaired) electrons. The molecule has 0 aliphatic heterocycles. The molecule has 0 amide bonds. The predicted octanol–water partition coefficient (Wildman–Crippen LogP) is 1.79. The Hall–Kier alpha value is -1.03. The molecule has 4 heteroatoms. The zero-order valence-electron chi connectivity index (χ0n) is 6.15. The highest BCUT2D eigenvalue weighted by molar-refractivity contribution is 7.15. The van der Waals surface area contributed by atoms with Crippen LogP contribution in [0.4, 0.5) is 0 Å². The molecule has 0 saturated heterocycles. The van der Waals surface area contributed by atoms with Gasteiger partial charge in [-0.3, -0.25) is 0 Å². The van der Waals surface area contributed by atoms with Crippen LogP contribution in [0.25, 0.3) is 4.83 Å². The highest BCUT2D eigenvalue weighted by Crippen LogP contribution is 2.17. The maximum Gasteiger partial charge on any atom is 0.234 e. The third-order valence-corrected chi connectivity index (χ3v) is 2.17. The summed E-state index contributed by atoms with van der Waals surface area (Å²) in [5.74, 6) is 0.708. The lowest BCUT2D eigenvalue weighted by Gasteiger charge is -1.92. The molecule has 0 spiro atoms. The second-order valence-corrected chi connectivity index (χ2v) is 3.03. The molecule has 2 rings (SSSR count). The maximum atomic E-state index is 5.22. The van der Waals surface area contributed by atoms with Crippen LogP contribution in [-0.4, -0.2) is 16.2 Å². The average molecular weight is 168 g/mol. The van der Waals surface area contributed by atoms with Gasteiger partial charge < -0.3 is 4.74 Å². The monoisotopic (exact) mass is 168 g/mol. The van der Waals surface area contributed by atoms with Crippen molar-refractivity contribution in [3.8, 4) is 5.88 Å². The Morgan fingerprint density at radius 3 is 3.36 bits per heavy atom. The summed E-state index contributed by atoms with van der Waals surface area (Å²) in [5.41, 5.74) is 0. The number of ether oxygens (including phenoxy) is 1. The van der Waals surface area contributed by atoms with Crippen LogP contribution in [0.15, 0.2) is 17.6 Å². The van der Waals surface area contributed by atoms with Crippen molar-refractivity contribution in [2.45, 2.75) is 6.92 Å². The van der Waals surface area contributed by atoms with Crippen LogP contribution in [0.1, 0.15) is 6.92 Å². The Balaban J connectivity index is 2.42. The molecule has 58 valence electrons. The second-order valence-electron chi connectivity index (χ2n) is 2.10. The van der Waals surface area contributed by atoms with E-state index in [2.05, 4.69) is 5.10 Å². The molecule has 0 aliphatic carbocycles. The lowest BCUT2D eigenvalue weighted by molar-refractivity contribution is 0.325. The van der Waals surface area contributed by atoms with Crippen LogP contribution in [0.2, 0.25) is 0 Å². The molecule has 0 N–H and O–H groups in total. The van der Waals surface area contributed by atoms with Crippen molar-refractivity contribution in [3.05, 3.63) is 17.6 Å². The van der Waals surface area contributed by atoms with Crippen molar-refractivity contribution in [3.63, 3.8) is 0 Å². The molecular formula is C7H8N2OS. The van der Waals surface area contributed by atoms with E-state index in [1.165, 1.54) is 0 Å². The highest BCUT2D eigenvalue weighted by Gasteiger charge is 2.00. The predicted molar refractivity (Wildman–Crippen MR) is 44.2 cm³/mol. The molecule has 0 atom stereocenters. The van der Waals surface area contributed by atoms with Gasteiger partial charge in [0, 0.05) is 17.6 Å². The summed E-state index contributed by atoms with van der Waals surface area (Å²) in [6, 6.07) is 1.94. The fraction of sp³-hybridized carbons (Fsp3) is 0.286. The van der Waals surface area contributed by atoms with Crippen LogP contribution in [-0.2, 0) is 0 Å². The van der Waals surface area contributed by atoms with E-state index in [1.54, 1.807) is 11.3 Å². The number of thiazole rings is 1. The first-order chi connectivity index (χ1) is 5.40. The summed E-state index contributed by atoms with van der Waals surface area (Å²) in [5, 5.41) is 6.17. The summed E-state index contributed by atoms with van der Waals surface area (Å²) < 4.78 is 7.04. The van der Waals surface area contributed by atoms with Crippen molar-refractivity contribution in [1.29, 1.82) is 0 Å². The lowest BCUT2D eigenvalue weighted by Crippen LogP contribution is -1.91. The lowest BCUT2D eigenvalue weighted by atomic mass is 10.7. The minimum absolute atomic E-state index is 0.671. The molecule has 0 aliphatic rings. The van der Waals surface area contributed by atoms with Crippen molar-refractivity contribution in [2.24, 2.45) is 0 Å². The van der Waals surface area contributed by atoms with E-state index in [0.29, 0.717) is 12.5 Å². The van der Waals surface area contributed by atoms with Crippen LogP contribution in [0.3, 0.4) is 0 Å². The van der Waals surface area contributed by atoms with E-state index in [9.17, 15) is 0 Å². The Labute approximate surface area is 68.2 Å². The van der Waals surface area contributed by atoms with Gasteiger partial charge in [0.2, 0.25) is 5.88 Å². The molecule has 0 aromatic carbocycles. The normalized spacial score (nSPS) is 10.6. The van der Waals surface area contributed by atoms with Gasteiger partial charge in [0.15, 0.2) is 0 Å². The summed E-state index contributed by atoms with van der Waals surface area (Å²) in [6.07, 6.45) is 1.92. The third-order valence-electron chi connectivity index (χ3n) is 1.36. The van der Waals surface area contributed by atoms with Gasteiger partial charge in [-0.05, 0) is 6.92 Å². The molecule has 0 bridgehead atoms. The van der Waals surface area contributed by atoms with Gasteiger partial charge in [-0.25, -0.2) is 4.52 Å². The molecule has 0 fully saturated rings. The van der Waals surface area contributed by atoms with Gasteiger partial charge in [-0.2, -0.15) is 0 Å². The number of hydrogen-bond acceptors (Lipinski definition) is 3. The maximum absolute atomic E-state index is 5.22. The van der Waals surface area contributed by atoms with Crippen LogP contribution in [0, 0.1) is 0 Å². The van der Waals surface area contributed by atoms with E-state index in [0.717, 1.165) is 4.83 Å². The number of aromatic nitrogens is 2. The van der Waals surface area contributed by atoms with E-state index < -0.39 is 0 Å². The topological polar surface area (TPSA) is 26.5 Å². The van der Waals surface area contributed by atoms with Crippen molar-refractivity contribution >= 4 is 16.2 Å². The summed E-state index contributed by atoms with van der Waals surface area (Å²) in [6.45, 7) is 2.62. The number of nitrogens with zero attached hydrogens (tertiary/aromatic N) is 2. The van der Waals surface area contributed by atoms with E-state index >= 15 is 0 Å². The fourth-order valence-electron chi connectivity index (χ4n) is 0.927. The zero-order chi connectivity index (χ0) is 7.68. The number of rotatable bonds is 2. The van der Waals surface area contributed by atoms with E-state index in [4.69, 9.17) is 4.74 Å². The Morgan fingerprint density at radius 1 is 1.73 bits per heavy atom. The SMILES string of the molecule is CCOc1cc2sccn2n1. The van der Waals surface area contributed by atoms with Gasteiger partial charge in [0.1, 0.15) is 4.83 Å². The zero-order valence-corrected chi connectivity index (χ0v) is 6.97. The van der Waals surface area contributed by atoms with Gasteiger partial charge in [-0.1, -0.05) is 0 Å². The van der Waals surface area contributed by atoms with Gasteiger partial charge in [0.05, 0.1) is 6.61 Å². The third kappa shape index (κ3) is 1.09. The minimum atomic E-state index is 0.671. The second kappa shape index (κ2) is 2.54. The standard InChI is InChI=1S/C7H8N2OS/c1-2-10-6-5-7-9(8-6)3-4-11-7/h3-5H,2H2,1H3. The van der Waals surface area contributed by atoms with Crippen molar-refractivity contribution in [1.82, 2.24) is 9.61 Å². The van der Waals surface area contributed by atoms with Gasteiger partial charge in [0.25, 0.3) is 0 Å². The van der Waals surface area contributed by atoms with Crippen LogP contribution < -0.4 is 4.74 Å². The van der Waals surface area contributed by atoms with Crippen molar-refractivity contribution < 1.29 is 4.74 Å². The van der Waals surface area contributed by atoms with Crippen LogP contribution in [0.5, 0.6) is 5.88 Å². The molecule has 0 unspecified atom stereocenters. The Morgan fingerprint density at radius 2 is 2.64 bits per heavy atom. The minimum Gasteiger partial charge on any atom is -0.477 e. The first kappa shape index (κ1) is 6.67. The number of hydrogen-bond donors (Lipinski definition) is 0. The average Bonchev–Trinajstić information content (AvgIpc) is 2.46. The summed E-state index contributed by atoms with van der Waals surface area (Å²) in [4.78, 5) is 1.12. The smallest absolute Gasteiger partial charge is 0.234 e. The van der Waals surface area contributed by atoms with Crippen molar-refractivity contribution in [2.75, 3.05) is 6.61 Å². The van der Waals surface area contributed by atoms with E-state index in [-0.39, 0.29) is 0 Å². The molecule has 3 nitrogen and oxygen atoms in total. The Kier molecular flexibility index (Phi) is 1.54. The van der Waals surface area contributed by atoms with Crippen LogP contribution >= 0.6 is 11.3 Å². The molecule has 2 aromatic rings. The quantitative estimate of drug-likeness (QED) is 0.683. The highest BCUT2D eigenvalue weighted by atomic mass is 32.1. The first-order valence-corrected chi connectivity index (χ1v) is 4.34.